The van der Waals surface area contributed by atoms with E-state index in [1.54, 1.807) is 12.1 Å². The highest BCUT2D eigenvalue weighted by molar-refractivity contribution is 7.99. The molecule has 1 aliphatic rings. The summed E-state index contributed by atoms with van der Waals surface area (Å²) in [6.45, 7) is 4.24. The molecule has 4 heteroatoms. The first kappa shape index (κ1) is 20.2. The van der Waals surface area contributed by atoms with Crippen LogP contribution in [0.3, 0.4) is 0 Å². The van der Waals surface area contributed by atoms with Gasteiger partial charge < -0.3 is 0 Å². The molecule has 0 unspecified atom stereocenters. The molecule has 0 bridgehead atoms. The Morgan fingerprint density at radius 1 is 0.926 bits per heavy atom. The van der Waals surface area contributed by atoms with E-state index in [4.69, 9.17) is 0 Å². The maximum absolute atomic E-state index is 13.6. The number of thioether (sulfide) groups is 1. The monoisotopic (exact) mass is 400 g/mol. The topological polar surface area (TPSA) is 34.1 Å². The number of sulfone groups is 1. The first-order valence-electron chi connectivity index (χ1n) is 9.57. The van der Waals surface area contributed by atoms with Crippen molar-refractivity contribution < 1.29 is 8.42 Å². The van der Waals surface area contributed by atoms with Crippen molar-refractivity contribution >= 4 is 21.6 Å². The summed E-state index contributed by atoms with van der Waals surface area (Å²) in [5, 5.41) is 0. The second-order valence-electron chi connectivity index (χ2n) is 7.50. The maximum Gasteiger partial charge on any atom is 0.184 e. The lowest BCUT2D eigenvalue weighted by molar-refractivity contribution is 0.426. The van der Waals surface area contributed by atoms with Crippen molar-refractivity contribution in [2.45, 2.75) is 60.5 Å². The third-order valence-electron chi connectivity index (χ3n) is 5.68. The van der Waals surface area contributed by atoms with Crippen LogP contribution in [0, 0.1) is 0 Å². The molecule has 1 aliphatic carbocycles. The Balaban J connectivity index is 1.79. The molecule has 0 aromatic heterocycles. The maximum atomic E-state index is 13.6. The molecule has 0 spiro atoms. The molecule has 0 radical (unpaired) electrons. The average molecular weight is 401 g/mol. The molecule has 0 saturated heterocycles. The molecule has 0 saturated carbocycles. The zero-order valence-electron chi connectivity index (χ0n) is 16.1. The van der Waals surface area contributed by atoms with E-state index in [0.717, 1.165) is 25.0 Å². The lowest BCUT2D eigenvalue weighted by Crippen LogP contribution is -2.41. The summed E-state index contributed by atoms with van der Waals surface area (Å²) in [5.74, 6) is 0.942. The fraction of sp³-hybridized carbons (Fsp3) is 0.391. The fourth-order valence-electron chi connectivity index (χ4n) is 3.88. The third-order valence-corrected chi connectivity index (χ3v) is 9.37. The average Bonchev–Trinajstić information content (AvgIpc) is 2.69. The molecule has 0 fully saturated rings. The van der Waals surface area contributed by atoms with Crippen molar-refractivity contribution in [2.75, 3.05) is 5.75 Å². The second-order valence-corrected chi connectivity index (χ2v) is 11.0. The Labute approximate surface area is 168 Å². The van der Waals surface area contributed by atoms with Crippen LogP contribution < -0.4 is 0 Å². The largest absolute Gasteiger partial charge is 0.223 e. The molecule has 2 nitrogen and oxygen atoms in total. The van der Waals surface area contributed by atoms with Crippen LogP contribution in [0.1, 0.15) is 46.0 Å². The Bertz CT molecular complexity index is 886. The smallest absolute Gasteiger partial charge is 0.184 e. The van der Waals surface area contributed by atoms with Crippen LogP contribution in [-0.4, -0.2) is 18.9 Å². The minimum atomic E-state index is -3.37. The SMILES string of the molecule is CC1=C(C)C[C@@](CCCSc2ccccc2)(S(=O)(=O)c2ccccc2)CC1. The van der Waals surface area contributed by atoms with E-state index < -0.39 is 14.6 Å². The van der Waals surface area contributed by atoms with E-state index in [0.29, 0.717) is 17.7 Å². The Morgan fingerprint density at radius 3 is 2.19 bits per heavy atom. The summed E-state index contributed by atoms with van der Waals surface area (Å²) < 4.78 is 26.5. The third kappa shape index (κ3) is 4.49. The normalized spacial score (nSPS) is 20.7. The van der Waals surface area contributed by atoms with Crippen LogP contribution >= 0.6 is 11.8 Å². The fourth-order valence-corrected chi connectivity index (χ4v) is 6.96. The first-order chi connectivity index (χ1) is 12.9. The number of rotatable bonds is 7. The van der Waals surface area contributed by atoms with E-state index >= 15 is 0 Å². The van der Waals surface area contributed by atoms with E-state index in [-0.39, 0.29) is 0 Å². The van der Waals surface area contributed by atoms with E-state index in [1.807, 2.05) is 48.2 Å². The molecule has 0 heterocycles. The van der Waals surface area contributed by atoms with Crippen LogP contribution in [0.2, 0.25) is 0 Å². The molecule has 2 aromatic carbocycles. The van der Waals surface area contributed by atoms with Crippen molar-refractivity contribution in [3.05, 3.63) is 71.8 Å². The second kappa shape index (κ2) is 8.66. The van der Waals surface area contributed by atoms with Gasteiger partial charge in [0.1, 0.15) is 0 Å². The zero-order chi connectivity index (χ0) is 19.3. The first-order valence-corrected chi connectivity index (χ1v) is 12.0. The standard InChI is InChI=1S/C23H28O2S2/c1-19-14-16-23(18-20(19)2,27(24,25)22-12-7-4-8-13-22)15-9-17-26-21-10-5-3-6-11-21/h3-8,10-13H,9,14-18H2,1-2H3/t23-/m0/s1. The predicted octanol–water partition coefficient (Wildman–Crippen LogP) is 6.29. The number of allylic oxidation sites excluding steroid dienone is 2. The molecular weight excluding hydrogens is 372 g/mol. The minimum Gasteiger partial charge on any atom is -0.223 e. The van der Waals surface area contributed by atoms with Crippen molar-refractivity contribution in [1.29, 1.82) is 0 Å². The molecular formula is C23H28O2S2. The summed E-state index contributed by atoms with van der Waals surface area (Å²) in [4.78, 5) is 1.71. The van der Waals surface area contributed by atoms with Gasteiger partial charge >= 0.3 is 0 Å². The molecule has 3 rings (SSSR count). The van der Waals surface area contributed by atoms with Crippen molar-refractivity contribution in [3.8, 4) is 0 Å². The highest BCUT2D eigenvalue weighted by Crippen LogP contribution is 2.44. The van der Waals surface area contributed by atoms with Crippen molar-refractivity contribution in [1.82, 2.24) is 0 Å². The zero-order valence-corrected chi connectivity index (χ0v) is 17.8. The summed E-state index contributed by atoms with van der Waals surface area (Å²) in [6, 6.07) is 19.3. The van der Waals surface area contributed by atoms with Crippen LogP contribution in [0.15, 0.2) is 81.6 Å². The number of hydrogen-bond acceptors (Lipinski definition) is 3. The highest BCUT2D eigenvalue weighted by Gasteiger charge is 2.45. The van der Waals surface area contributed by atoms with Crippen LogP contribution in [-0.2, 0) is 9.84 Å². The molecule has 2 aromatic rings. The lowest BCUT2D eigenvalue weighted by Gasteiger charge is -2.38. The van der Waals surface area contributed by atoms with Crippen molar-refractivity contribution in [3.63, 3.8) is 0 Å². The van der Waals surface area contributed by atoms with Gasteiger partial charge in [-0.05, 0) is 76.0 Å². The van der Waals surface area contributed by atoms with Gasteiger partial charge in [0.25, 0.3) is 0 Å². The summed E-state index contributed by atoms with van der Waals surface area (Å²) >= 11 is 1.81. The van der Waals surface area contributed by atoms with Gasteiger partial charge in [-0.25, -0.2) is 8.42 Å². The van der Waals surface area contributed by atoms with Gasteiger partial charge in [-0.3, -0.25) is 0 Å². The van der Waals surface area contributed by atoms with Crippen LogP contribution in [0.5, 0.6) is 0 Å². The van der Waals surface area contributed by atoms with Gasteiger partial charge in [0, 0.05) is 4.90 Å². The molecule has 144 valence electrons. The predicted molar refractivity (Wildman–Crippen MR) is 115 cm³/mol. The number of hydrogen-bond donors (Lipinski definition) is 0. The van der Waals surface area contributed by atoms with E-state index in [9.17, 15) is 8.42 Å². The van der Waals surface area contributed by atoms with Gasteiger partial charge in [-0.15, -0.1) is 11.8 Å². The Kier molecular flexibility index (Phi) is 6.48. The highest BCUT2D eigenvalue weighted by atomic mass is 32.2. The van der Waals surface area contributed by atoms with Crippen LogP contribution in [0.25, 0.3) is 0 Å². The molecule has 1 atom stereocenters. The Morgan fingerprint density at radius 2 is 1.56 bits per heavy atom. The molecule has 0 N–H and O–H groups in total. The summed E-state index contributed by atoms with van der Waals surface area (Å²) in [5.41, 5.74) is 2.60. The minimum absolute atomic E-state index is 0.466. The van der Waals surface area contributed by atoms with Gasteiger partial charge in [-0.2, -0.15) is 0 Å². The summed E-state index contributed by atoms with van der Waals surface area (Å²) in [6.07, 6.45) is 3.88. The number of benzene rings is 2. The van der Waals surface area contributed by atoms with Crippen LogP contribution in [0.4, 0.5) is 0 Å². The molecule has 0 aliphatic heterocycles. The van der Waals surface area contributed by atoms with Gasteiger partial charge in [0.15, 0.2) is 9.84 Å². The Hall–Kier alpha value is -1.52. The van der Waals surface area contributed by atoms with Crippen molar-refractivity contribution in [2.24, 2.45) is 0 Å². The van der Waals surface area contributed by atoms with Gasteiger partial charge in [0.05, 0.1) is 9.64 Å². The molecule has 27 heavy (non-hydrogen) atoms. The van der Waals surface area contributed by atoms with Gasteiger partial charge in [-0.1, -0.05) is 47.5 Å². The van der Waals surface area contributed by atoms with E-state index in [1.165, 1.54) is 16.0 Å². The van der Waals surface area contributed by atoms with Gasteiger partial charge in [0.2, 0.25) is 0 Å². The lowest BCUT2D eigenvalue weighted by atomic mass is 9.82. The molecule has 0 amide bonds. The quantitative estimate of drug-likeness (QED) is 0.311. The van der Waals surface area contributed by atoms with E-state index in [2.05, 4.69) is 26.0 Å². The summed E-state index contributed by atoms with van der Waals surface area (Å²) in [7, 11) is -3.37.